The van der Waals surface area contributed by atoms with Gasteiger partial charge in [0.25, 0.3) is 0 Å². The Balaban J connectivity index is 2.77. The molecule has 0 unspecified atom stereocenters. The molecular formula is C10H10ClFN2OS. The molecule has 0 aliphatic heterocycles. The molecule has 16 heavy (non-hydrogen) atoms. The van der Waals surface area contributed by atoms with Crippen LogP contribution in [0.15, 0.2) is 24.8 Å². The van der Waals surface area contributed by atoms with Gasteiger partial charge in [-0.25, -0.2) is 4.39 Å². The van der Waals surface area contributed by atoms with Crippen LogP contribution in [0.5, 0.6) is 5.75 Å². The molecule has 0 aliphatic carbocycles. The molecule has 3 N–H and O–H groups in total. The van der Waals surface area contributed by atoms with Gasteiger partial charge in [-0.3, -0.25) is 0 Å². The van der Waals surface area contributed by atoms with Crippen molar-refractivity contribution in [3.63, 3.8) is 0 Å². The summed E-state index contributed by atoms with van der Waals surface area (Å²) >= 11 is 10.5. The number of rotatable bonds is 3. The van der Waals surface area contributed by atoms with Gasteiger partial charge in [-0.15, -0.1) is 6.58 Å². The summed E-state index contributed by atoms with van der Waals surface area (Å²) in [5.41, 5.74) is 0.101. The smallest absolute Gasteiger partial charge is 0.171 e. The van der Waals surface area contributed by atoms with Crippen LogP contribution in [-0.4, -0.2) is 16.8 Å². The van der Waals surface area contributed by atoms with Gasteiger partial charge < -0.3 is 15.7 Å². The highest BCUT2D eigenvalue weighted by molar-refractivity contribution is 7.80. The summed E-state index contributed by atoms with van der Waals surface area (Å²) in [7, 11) is 0. The monoisotopic (exact) mass is 260 g/mol. The van der Waals surface area contributed by atoms with E-state index in [1.54, 1.807) is 6.08 Å². The molecular weight excluding hydrogens is 251 g/mol. The van der Waals surface area contributed by atoms with E-state index < -0.39 is 5.82 Å². The number of phenolic OH excluding ortho intramolecular Hbond substituents is 1. The lowest BCUT2D eigenvalue weighted by atomic mass is 10.3. The minimum Gasteiger partial charge on any atom is -0.506 e. The molecule has 0 fully saturated rings. The van der Waals surface area contributed by atoms with Gasteiger partial charge in [0.1, 0.15) is 11.6 Å². The first-order valence-electron chi connectivity index (χ1n) is 4.38. The summed E-state index contributed by atoms with van der Waals surface area (Å²) in [6, 6.07) is 2.18. The predicted octanol–water partition coefficient (Wildman–Crippen LogP) is 2.66. The molecule has 1 aromatic carbocycles. The maximum Gasteiger partial charge on any atom is 0.171 e. The topological polar surface area (TPSA) is 44.3 Å². The highest BCUT2D eigenvalue weighted by atomic mass is 35.5. The maximum absolute atomic E-state index is 13.3. The van der Waals surface area contributed by atoms with Gasteiger partial charge in [0.05, 0.1) is 10.7 Å². The summed E-state index contributed by atoms with van der Waals surface area (Å²) in [5, 5.41) is 14.8. The first-order chi connectivity index (χ1) is 7.54. The number of thiocarbonyl (C=S) groups is 1. The Morgan fingerprint density at radius 3 is 2.94 bits per heavy atom. The number of halogens is 2. The van der Waals surface area contributed by atoms with E-state index in [4.69, 9.17) is 28.9 Å². The van der Waals surface area contributed by atoms with Crippen molar-refractivity contribution in [3.05, 3.63) is 35.6 Å². The van der Waals surface area contributed by atoms with E-state index in [1.807, 2.05) is 0 Å². The Morgan fingerprint density at radius 1 is 1.62 bits per heavy atom. The van der Waals surface area contributed by atoms with E-state index in [1.165, 1.54) is 6.07 Å². The molecule has 0 amide bonds. The van der Waals surface area contributed by atoms with Gasteiger partial charge in [-0.1, -0.05) is 17.7 Å². The second kappa shape index (κ2) is 5.67. The van der Waals surface area contributed by atoms with Crippen molar-refractivity contribution < 1.29 is 9.50 Å². The summed E-state index contributed by atoms with van der Waals surface area (Å²) in [6.45, 7) is 3.98. The molecule has 0 saturated heterocycles. The first kappa shape index (κ1) is 12.7. The third-order valence-corrected chi connectivity index (χ3v) is 2.24. The lowest BCUT2D eigenvalue weighted by Gasteiger charge is -2.10. The maximum atomic E-state index is 13.3. The second-order valence-electron chi connectivity index (χ2n) is 2.91. The number of hydrogen-bond donors (Lipinski definition) is 3. The van der Waals surface area contributed by atoms with E-state index in [-0.39, 0.29) is 21.6 Å². The largest absolute Gasteiger partial charge is 0.506 e. The van der Waals surface area contributed by atoms with Crippen molar-refractivity contribution in [1.82, 2.24) is 5.32 Å². The van der Waals surface area contributed by atoms with Crippen molar-refractivity contribution in [2.24, 2.45) is 0 Å². The van der Waals surface area contributed by atoms with Gasteiger partial charge in [0, 0.05) is 12.6 Å². The summed E-state index contributed by atoms with van der Waals surface area (Å²) in [4.78, 5) is 0. The minimum absolute atomic E-state index is 0.0513. The molecule has 86 valence electrons. The number of benzene rings is 1. The fraction of sp³-hybridized carbons (Fsp3) is 0.100. The van der Waals surface area contributed by atoms with Gasteiger partial charge in [-0.05, 0) is 18.3 Å². The standard InChI is InChI=1S/C10H10ClFN2OS/c1-2-3-13-10(16)14-8-4-6(11)9(15)5-7(8)12/h2,4-5,15H,1,3H2,(H2,13,14,16). The molecule has 0 heterocycles. The van der Waals surface area contributed by atoms with Crippen molar-refractivity contribution in [2.45, 2.75) is 0 Å². The second-order valence-corrected chi connectivity index (χ2v) is 3.72. The third kappa shape index (κ3) is 3.36. The van der Waals surface area contributed by atoms with Crippen LogP contribution in [0.1, 0.15) is 0 Å². The average Bonchev–Trinajstić information content (AvgIpc) is 2.23. The van der Waals surface area contributed by atoms with Crippen LogP contribution in [-0.2, 0) is 0 Å². The van der Waals surface area contributed by atoms with E-state index >= 15 is 0 Å². The van der Waals surface area contributed by atoms with E-state index in [2.05, 4.69) is 17.2 Å². The number of phenols is 1. The molecule has 0 bridgehead atoms. The summed E-state index contributed by atoms with van der Waals surface area (Å²) < 4.78 is 13.3. The number of aromatic hydroxyl groups is 1. The number of hydrogen-bond acceptors (Lipinski definition) is 2. The quantitative estimate of drug-likeness (QED) is 0.444. The normalized spacial score (nSPS) is 9.62. The zero-order valence-corrected chi connectivity index (χ0v) is 9.83. The molecule has 1 rings (SSSR count). The average molecular weight is 261 g/mol. The zero-order chi connectivity index (χ0) is 12.1. The number of anilines is 1. The number of nitrogens with one attached hydrogen (secondary N) is 2. The molecule has 0 aliphatic rings. The third-order valence-electron chi connectivity index (χ3n) is 1.69. The fourth-order valence-electron chi connectivity index (χ4n) is 0.964. The van der Waals surface area contributed by atoms with Crippen LogP contribution in [0.4, 0.5) is 10.1 Å². The Bertz CT molecular complexity index is 426. The molecule has 0 saturated carbocycles. The molecule has 0 atom stereocenters. The van der Waals surface area contributed by atoms with Crippen molar-refractivity contribution in [3.8, 4) is 5.75 Å². The van der Waals surface area contributed by atoms with Crippen LogP contribution in [0.25, 0.3) is 0 Å². The zero-order valence-electron chi connectivity index (χ0n) is 8.26. The van der Waals surface area contributed by atoms with Gasteiger partial charge in [-0.2, -0.15) is 0 Å². The Kier molecular flexibility index (Phi) is 4.52. The molecule has 0 radical (unpaired) electrons. The Hall–Kier alpha value is -1.33. The van der Waals surface area contributed by atoms with E-state index in [9.17, 15) is 4.39 Å². The molecule has 3 nitrogen and oxygen atoms in total. The molecule has 6 heteroatoms. The van der Waals surface area contributed by atoms with Gasteiger partial charge >= 0.3 is 0 Å². The lowest BCUT2D eigenvalue weighted by molar-refractivity contribution is 0.470. The van der Waals surface area contributed by atoms with Crippen LogP contribution < -0.4 is 10.6 Å². The lowest BCUT2D eigenvalue weighted by Crippen LogP contribution is -2.28. The molecule has 0 aromatic heterocycles. The fourth-order valence-corrected chi connectivity index (χ4v) is 1.32. The summed E-state index contributed by atoms with van der Waals surface area (Å²) in [6.07, 6.45) is 1.62. The van der Waals surface area contributed by atoms with Crippen LogP contribution in [0, 0.1) is 5.82 Å². The van der Waals surface area contributed by atoms with Crippen LogP contribution in [0.2, 0.25) is 5.02 Å². The summed E-state index contributed by atoms with van der Waals surface area (Å²) in [5.74, 6) is -0.945. The highest BCUT2D eigenvalue weighted by Gasteiger charge is 2.08. The van der Waals surface area contributed by atoms with Crippen molar-refractivity contribution in [2.75, 3.05) is 11.9 Å². The molecule has 1 aromatic rings. The van der Waals surface area contributed by atoms with Crippen LogP contribution >= 0.6 is 23.8 Å². The molecule has 0 spiro atoms. The Labute approximate surface area is 103 Å². The van der Waals surface area contributed by atoms with Gasteiger partial charge in [0.2, 0.25) is 0 Å². The van der Waals surface area contributed by atoms with E-state index in [0.717, 1.165) is 6.07 Å². The first-order valence-corrected chi connectivity index (χ1v) is 5.17. The van der Waals surface area contributed by atoms with Crippen LogP contribution in [0.3, 0.4) is 0 Å². The Morgan fingerprint density at radius 2 is 2.31 bits per heavy atom. The van der Waals surface area contributed by atoms with E-state index in [0.29, 0.717) is 6.54 Å². The predicted molar refractivity (Wildman–Crippen MR) is 67.5 cm³/mol. The van der Waals surface area contributed by atoms with Crippen molar-refractivity contribution in [1.29, 1.82) is 0 Å². The highest BCUT2D eigenvalue weighted by Crippen LogP contribution is 2.28. The SMILES string of the molecule is C=CCNC(=S)Nc1cc(Cl)c(O)cc1F. The van der Waals surface area contributed by atoms with Gasteiger partial charge in [0.15, 0.2) is 5.11 Å². The minimum atomic E-state index is -0.635. The van der Waals surface area contributed by atoms with Crippen molar-refractivity contribution >= 4 is 34.6 Å².